The molecule has 0 spiro atoms. The van der Waals surface area contributed by atoms with Crippen molar-refractivity contribution in [1.82, 2.24) is 24.9 Å². The first-order valence-electron chi connectivity index (χ1n) is 20.8. The van der Waals surface area contributed by atoms with Crippen molar-refractivity contribution in [3.05, 3.63) is 212 Å². The molecule has 0 N–H and O–H groups in total. The summed E-state index contributed by atoms with van der Waals surface area (Å²) in [5, 5.41) is 9.30. The van der Waals surface area contributed by atoms with Gasteiger partial charge < -0.3 is 0 Å². The predicted octanol–water partition coefficient (Wildman–Crippen LogP) is 14.4. The summed E-state index contributed by atoms with van der Waals surface area (Å²) in [4.78, 5) is 25.5. The first-order valence-corrected chi connectivity index (χ1v) is 20.8. The van der Waals surface area contributed by atoms with Crippen LogP contribution in [0.4, 0.5) is 0 Å². The van der Waals surface area contributed by atoms with Crippen LogP contribution in [0, 0.1) is 0 Å². The van der Waals surface area contributed by atoms with E-state index in [0.717, 1.165) is 82.9 Å². The Kier molecular flexibility index (Phi) is 8.42. The van der Waals surface area contributed by atoms with E-state index in [1.165, 1.54) is 21.5 Å². The summed E-state index contributed by atoms with van der Waals surface area (Å²) in [6, 6.07) is 74.0. The molecule has 0 aliphatic heterocycles. The van der Waals surface area contributed by atoms with Crippen LogP contribution in [0.5, 0.6) is 0 Å². The normalized spacial score (nSPS) is 11.5. The Labute approximate surface area is 357 Å². The van der Waals surface area contributed by atoms with Gasteiger partial charge in [-0.3, -0.25) is 0 Å². The largest absolute Gasteiger partial charge is 0.248 e. The van der Waals surface area contributed by atoms with Gasteiger partial charge in [-0.05, 0) is 68.4 Å². The minimum atomic E-state index is 0.628. The van der Waals surface area contributed by atoms with E-state index in [1.54, 1.807) is 0 Å². The molecule has 0 saturated heterocycles. The molecule has 0 unspecified atom stereocenters. The van der Waals surface area contributed by atoms with Crippen molar-refractivity contribution in [3.63, 3.8) is 0 Å². The fourth-order valence-corrected chi connectivity index (χ4v) is 8.86. The van der Waals surface area contributed by atoms with E-state index in [9.17, 15) is 0 Å². The van der Waals surface area contributed by atoms with Crippen LogP contribution in [0.25, 0.3) is 122 Å². The van der Waals surface area contributed by atoms with Crippen LogP contribution >= 0.6 is 0 Å². The SMILES string of the molecule is c1ccc(-c2nc(-c3ccccc3)nc(-c3ccc(-c4ccc5c(c4)nc(-c4ccccc4)c4c6ccc(-c7cc8ccccc8c8ccccc78)nc6ccc54)cc3)n2)cc1. The molecule has 9 aromatic carbocycles. The third kappa shape index (κ3) is 6.14. The van der Waals surface area contributed by atoms with Gasteiger partial charge >= 0.3 is 0 Å². The lowest BCUT2D eigenvalue weighted by Gasteiger charge is -2.15. The molecule has 5 heteroatoms. The highest BCUT2D eigenvalue weighted by atomic mass is 15.0. The first-order chi connectivity index (χ1) is 30.7. The smallest absolute Gasteiger partial charge is 0.164 e. The number of hydrogen-bond acceptors (Lipinski definition) is 5. The zero-order valence-corrected chi connectivity index (χ0v) is 33.4. The Hall–Kier alpha value is -8.41. The van der Waals surface area contributed by atoms with Gasteiger partial charge in [-0.15, -0.1) is 0 Å². The van der Waals surface area contributed by atoms with Gasteiger partial charge in [0, 0.05) is 44.0 Å². The molecule has 5 nitrogen and oxygen atoms in total. The van der Waals surface area contributed by atoms with Gasteiger partial charge in [0.05, 0.1) is 22.4 Å². The van der Waals surface area contributed by atoms with E-state index >= 15 is 0 Å². The Bertz CT molecular complexity index is 3610. The van der Waals surface area contributed by atoms with Gasteiger partial charge in [0.2, 0.25) is 0 Å². The number of nitrogens with zero attached hydrogens (tertiary/aromatic N) is 5. The zero-order chi connectivity index (χ0) is 41.0. The highest BCUT2D eigenvalue weighted by Gasteiger charge is 2.18. The molecular formula is C57H35N5. The predicted molar refractivity (Wildman–Crippen MR) is 256 cm³/mol. The van der Waals surface area contributed by atoms with Gasteiger partial charge in [0.1, 0.15) is 0 Å². The Balaban J connectivity index is 0.963. The van der Waals surface area contributed by atoms with Crippen LogP contribution < -0.4 is 0 Å². The molecule has 0 aliphatic carbocycles. The van der Waals surface area contributed by atoms with E-state index in [2.05, 4.69) is 152 Å². The van der Waals surface area contributed by atoms with Gasteiger partial charge in [0.25, 0.3) is 0 Å². The quantitative estimate of drug-likeness (QED) is 0.157. The second-order valence-corrected chi connectivity index (χ2v) is 15.6. The molecule has 62 heavy (non-hydrogen) atoms. The van der Waals surface area contributed by atoms with Crippen molar-refractivity contribution in [3.8, 4) is 67.8 Å². The van der Waals surface area contributed by atoms with Crippen LogP contribution in [0.3, 0.4) is 0 Å². The molecule has 0 amide bonds. The lowest BCUT2D eigenvalue weighted by atomic mass is 9.93. The number of fused-ring (bicyclic) bond motifs is 8. The maximum atomic E-state index is 5.45. The maximum Gasteiger partial charge on any atom is 0.164 e. The number of benzene rings is 9. The molecule has 0 atom stereocenters. The summed E-state index contributed by atoms with van der Waals surface area (Å²) >= 11 is 0. The average Bonchev–Trinajstić information content (AvgIpc) is 3.36. The minimum Gasteiger partial charge on any atom is -0.248 e. The molecule has 0 aliphatic rings. The van der Waals surface area contributed by atoms with E-state index < -0.39 is 0 Å². The molecule has 12 rings (SSSR count). The summed E-state index contributed by atoms with van der Waals surface area (Å²) in [5.41, 5.74) is 10.9. The highest BCUT2D eigenvalue weighted by molar-refractivity contribution is 6.21. The summed E-state index contributed by atoms with van der Waals surface area (Å²) < 4.78 is 0. The molecule has 0 fully saturated rings. The number of pyridine rings is 2. The Morgan fingerprint density at radius 3 is 1.45 bits per heavy atom. The number of rotatable bonds is 6. The summed E-state index contributed by atoms with van der Waals surface area (Å²) in [5.74, 6) is 1.91. The monoisotopic (exact) mass is 789 g/mol. The highest BCUT2D eigenvalue weighted by Crippen LogP contribution is 2.40. The molecular weight excluding hydrogens is 755 g/mol. The van der Waals surface area contributed by atoms with Crippen molar-refractivity contribution >= 4 is 54.1 Å². The number of aromatic nitrogens is 5. The summed E-state index contributed by atoms with van der Waals surface area (Å²) in [6.45, 7) is 0. The van der Waals surface area contributed by atoms with Crippen molar-refractivity contribution in [2.45, 2.75) is 0 Å². The first kappa shape index (κ1) is 35.5. The van der Waals surface area contributed by atoms with Crippen LogP contribution in [0.1, 0.15) is 0 Å². The van der Waals surface area contributed by atoms with Crippen molar-refractivity contribution in [2.24, 2.45) is 0 Å². The molecule has 12 aromatic rings. The van der Waals surface area contributed by atoms with E-state index in [-0.39, 0.29) is 0 Å². The van der Waals surface area contributed by atoms with E-state index in [0.29, 0.717) is 17.5 Å². The molecule has 3 aromatic heterocycles. The topological polar surface area (TPSA) is 64.5 Å². The lowest BCUT2D eigenvalue weighted by Crippen LogP contribution is -2.00. The second kappa shape index (κ2) is 14.7. The standard InChI is InChI=1S/C57H35N5/c1-4-14-37(15-5-1)54-53-47(30-32-50-48(53)31-33-51(58-50)49-34-42-20-10-11-21-43(42)44-22-12-13-23-45(44)49)46-29-28-41(35-52(46)59-54)36-24-26-40(27-25-36)57-61-55(38-16-6-2-7-17-38)60-56(62-57)39-18-8-3-9-19-39/h1-35H. The van der Waals surface area contributed by atoms with Crippen LogP contribution in [-0.4, -0.2) is 24.9 Å². The summed E-state index contributed by atoms with van der Waals surface area (Å²) in [6.07, 6.45) is 0. The third-order valence-electron chi connectivity index (χ3n) is 11.9. The maximum absolute atomic E-state index is 5.45. The van der Waals surface area contributed by atoms with Crippen LogP contribution in [0.2, 0.25) is 0 Å². The second-order valence-electron chi connectivity index (χ2n) is 15.6. The molecule has 0 saturated carbocycles. The molecule has 3 heterocycles. The van der Waals surface area contributed by atoms with Gasteiger partial charge in [-0.1, -0.05) is 182 Å². The van der Waals surface area contributed by atoms with E-state index in [4.69, 9.17) is 24.9 Å². The van der Waals surface area contributed by atoms with Crippen LogP contribution in [0.15, 0.2) is 212 Å². The average molecular weight is 790 g/mol. The summed E-state index contributed by atoms with van der Waals surface area (Å²) in [7, 11) is 0. The van der Waals surface area contributed by atoms with Crippen molar-refractivity contribution < 1.29 is 0 Å². The van der Waals surface area contributed by atoms with Crippen LogP contribution in [-0.2, 0) is 0 Å². The molecule has 288 valence electrons. The Morgan fingerprint density at radius 2 is 0.774 bits per heavy atom. The lowest BCUT2D eigenvalue weighted by molar-refractivity contribution is 1.07. The minimum absolute atomic E-state index is 0.628. The molecule has 0 radical (unpaired) electrons. The Morgan fingerprint density at radius 1 is 0.258 bits per heavy atom. The van der Waals surface area contributed by atoms with Gasteiger partial charge in [0.15, 0.2) is 17.5 Å². The van der Waals surface area contributed by atoms with Gasteiger partial charge in [-0.25, -0.2) is 24.9 Å². The molecule has 0 bridgehead atoms. The van der Waals surface area contributed by atoms with Gasteiger partial charge in [-0.2, -0.15) is 0 Å². The fraction of sp³-hybridized carbons (Fsp3) is 0. The zero-order valence-electron chi connectivity index (χ0n) is 33.4. The fourth-order valence-electron chi connectivity index (χ4n) is 8.86. The third-order valence-corrected chi connectivity index (χ3v) is 11.9. The van der Waals surface area contributed by atoms with Crippen molar-refractivity contribution in [1.29, 1.82) is 0 Å². The van der Waals surface area contributed by atoms with E-state index in [1.807, 2.05) is 60.7 Å². The van der Waals surface area contributed by atoms with Crippen molar-refractivity contribution in [2.75, 3.05) is 0 Å². The number of hydrogen-bond donors (Lipinski definition) is 0.